The van der Waals surface area contributed by atoms with Gasteiger partial charge in [0.25, 0.3) is 0 Å². The van der Waals surface area contributed by atoms with Crippen molar-refractivity contribution in [3.8, 4) is 5.75 Å². The number of aryl methyl sites for hydroxylation is 1. The molecular weight excluding hydrogens is 244 g/mol. The Kier molecular flexibility index (Phi) is 6.28. The second kappa shape index (κ2) is 7.48. The first-order valence-corrected chi connectivity index (χ1v) is 7.04. The van der Waals surface area contributed by atoms with Crippen molar-refractivity contribution in [3.63, 3.8) is 0 Å². The first kappa shape index (κ1) is 15.1. The van der Waals surface area contributed by atoms with Crippen molar-refractivity contribution in [2.75, 3.05) is 6.61 Å². The molecule has 0 aliphatic rings. The number of ether oxygens (including phenoxy) is 1. The molecule has 0 aliphatic carbocycles. The average Bonchev–Trinajstić information content (AvgIpc) is 2.33. The number of benzene rings is 1. The molecule has 1 unspecified atom stereocenters. The average molecular weight is 267 g/mol. The first-order valence-electron chi connectivity index (χ1n) is 6.66. The molecule has 0 radical (unpaired) electrons. The van der Waals surface area contributed by atoms with Crippen LogP contribution in [0, 0.1) is 12.8 Å². The zero-order valence-corrected chi connectivity index (χ0v) is 12.6. The van der Waals surface area contributed by atoms with Crippen molar-refractivity contribution in [2.45, 2.75) is 40.5 Å². The zero-order valence-electron chi connectivity index (χ0n) is 11.8. The largest absolute Gasteiger partial charge is 0.494 e. The van der Waals surface area contributed by atoms with Gasteiger partial charge in [-0.25, -0.2) is 0 Å². The van der Waals surface area contributed by atoms with E-state index in [4.69, 9.17) is 16.3 Å². The molecule has 1 aromatic rings. The Labute approximate surface area is 116 Å². The topological polar surface area (TPSA) is 9.23 Å². The molecule has 1 nitrogen and oxygen atoms in total. The van der Waals surface area contributed by atoms with Gasteiger partial charge in [0.05, 0.1) is 6.61 Å². The highest BCUT2D eigenvalue weighted by molar-refractivity contribution is 6.31. The second-order valence-corrected chi connectivity index (χ2v) is 5.07. The molecule has 0 spiro atoms. The van der Waals surface area contributed by atoms with Gasteiger partial charge in [-0.15, -0.1) is 0 Å². The van der Waals surface area contributed by atoms with Crippen LogP contribution in [0.25, 0.3) is 0 Å². The predicted molar refractivity (Wildman–Crippen MR) is 79.7 cm³/mol. The summed E-state index contributed by atoms with van der Waals surface area (Å²) in [5, 5.41) is 0.820. The Hall–Kier alpha value is -0.950. The summed E-state index contributed by atoms with van der Waals surface area (Å²) in [4.78, 5) is 0. The lowest BCUT2D eigenvalue weighted by Crippen LogP contribution is -2.02. The highest BCUT2D eigenvalue weighted by Crippen LogP contribution is 2.29. The molecule has 1 aromatic carbocycles. The van der Waals surface area contributed by atoms with E-state index in [0.29, 0.717) is 12.5 Å². The van der Waals surface area contributed by atoms with Crippen LogP contribution in [0.15, 0.2) is 24.3 Å². The molecule has 1 rings (SSSR count). The number of hydrogen-bond donors (Lipinski definition) is 0. The van der Waals surface area contributed by atoms with Crippen molar-refractivity contribution in [1.29, 1.82) is 0 Å². The third-order valence-corrected chi connectivity index (χ3v) is 3.29. The maximum absolute atomic E-state index is 6.20. The van der Waals surface area contributed by atoms with E-state index in [9.17, 15) is 0 Å². The van der Waals surface area contributed by atoms with Gasteiger partial charge in [-0.05, 0) is 55.9 Å². The van der Waals surface area contributed by atoms with Gasteiger partial charge in [-0.3, -0.25) is 0 Å². The van der Waals surface area contributed by atoms with E-state index < -0.39 is 0 Å². The lowest BCUT2D eigenvalue weighted by atomic mass is 9.98. The standard InChI is InChI=1S/C16H23ClO/c1-5-7-8-12(3)9-14-11-15(17)13(4)10-16(14)18-6-2/h7-8,10-12H,5-6,9H2,1-4H3/b8-7-. The van der Waals surface area contributed by atoms with E-state index in [1.54, 1.807) is 0 Å². The second-order valence-electron chi connectivity index (χ2n) is 4.66. The molecule has 0 amide bonds. The predicted octanol–water partition coefficient (Wildman–Crippen LogP) is 5.19. The summed E-state index contributed by atoms with van der Waals surface area (Å²) in [6.45, 7) is 9.07. The van der Waals surface area contributed by atoms with Gasteiger partial charge in [-0.2, -0.15) is 0 Å². The van der Waals surface area contributed by atoms with Crippen LogP contribution in [-0.4, -0.2) is 6.61 Å². The molecule has 0 N–H and O–H groups in total. The fourth-order valence-electron chi connectivity index (χ4n) is 1.93. The molecular formula is C16H23ClO. The number of hydrogen-bond acceptors (Lipinski definition) is 1. The van der Waals surface area contributed by atoms with E-state index >= 15 is 0 Å². The molecule has 0 heterocycles. The van der Waals surface area contributed by atoms with Crippen LogP contribution in [0.3, 0.4) is 0 Å². The number of rotatable bonds is 6. The summed E-state index contributed by atoms with van der Waals surface area (Å²) < 4.78 is 5.70. The third kappa shape index (κ3) is 4.38. The van der Waals surface area contributed by atoms with Gasteiger partial charge in [0.15, 0.2) is 0 Å². The van der Waals surface area contributed by atoms with Crippen LogP contribution < -0.4 is 4.74 Å². The van der Waals surface area contributed by atoms with E-state index in [1.807, 2.05) is 26.0 Å². The van der Waals surface area contributed by atoms with Crippen LogP contribution >= 0.6 is 11.6 Å². The molecule has 100 valence electrons. The minimum absolute atomic E-state index is 0.503. The molecule has 0 aliphatic heterocycles. The zero-order chi connectivity index (χ0) is 13.5. The maximum atomic E-state index is 6.20. The lowest BCUT2D eigenvalue weighted by Gasteiger charge is -2.14. The minimum atomic E-state index is 0.503. The van der Waals surface area contributed by atoms with Gasteiger partial charge in [0.1, 0.15) is 5.75 Å². The lowest BCUT2D eigenvalue weighted by molar-refractivity contribution is 0.335. The highest BCUT2D eigenvalue weighted by Gasteiger charge is 2.09. The molecule has 0 fully saturated rings. The van der Waals surface area contributed by atoms with Crippen molar-refractivity contribution in [3.05, 3.63) is 40.4 Å². The molecule has 18 heavy (non-hydrogen) atoms. The summed E-state index contributed by atoms with van der Waals surface area (Å²) in [6.07, 6.45) is 6.51. The molecule has 1 atom stereocenters. The molecule has 0 aromatic heterocycles. The van der Waals surface area contributed by atoms with Crippen molar-refractivity contribution in [1.82, 2.24) is 0 Å². The Bertz CT molecular complexity index is 410. The summed E-state index contributed by atoms with van der Waals surface area (Å²) in [6, 6.07) is 4.08. The summed E-state index contributed by atoms with van der Waals surface area (Å²) in [5.41, 5.74) is 2.27. The van der Waals surface area contributed by atoms with Gasteiger partial charge in [0.2, 0.25) is 0 Å². The van der Waals surface area contributed by atoms with Crippen LogP contribution in [0.2, 0.25) is 5.02 Å². The normalized spacial score (nSPS) is 12.9. The SMILES string of the molecule is CC/C=C\C(C)Cc1cc(Cl)c(C)cc1OCC. The Morgan fingerprint density at radius 3 is 2.67 bits per heavy atom. The fourth-order valence-corrected chi connectivity index (χ4v) is 2.12. The van der Waals surface area contributed by atoms with Gasteiger partial charge in [0, 0.05) is 5.02 Å². The van der Waals surface area contributed by atoms with Gasteiger partial charge < -0.3 is 4.74 Å². The van der Waals surface area contributed by atoms with Crippen molar-refractivity contribution < 1.29 is 4.74 Å². The smallest absolute Gasteiger partial charge is 0.122 e. The van der Waals surface area contributed by atoms with E-state index in [-0.39, 0.29) is 0 Å². The minimum Gasteiger partial charge on any atom is -0.494 e. The Morgan fingerprint density at radius 2 is 2.06 bits per heavy atom. The molecule has 0 saturated heterocycles. The summed E-state index contributed by atoms with van der Waals surface area (Å²) >= 11 is 6.20. The molecule has 0 bridgehead atoms. The van der Waals surface area contributed by atoms with Crippen LogP contribution in [0.4, 0.5) is 0 Å². The maximum Gasteiger partial charge on any atom is 0.122 e. The van der Waals surface area contributed by atoms with Crippen LogP contribution in [-0.2, 0) is 6.42 Å². The van der Waals surface area contributed by atoms with Crippen LogP contribution in [0.1, 0.15) is 38.3 Å². The Balaban J connectivity index is 2.91. The quantitative estimate of drug-likeness (QED) is 0.644. The van der Waals surface area contributed by atoms with E-state index in [2.05, 4.69) is 26.0 Å². The molecule has 0 saturated carbocycles. The van der Waals surface area contributed by atoms with E-state index in [1.165, 1.54) is 5.56 Å². The molecule has 2 heteroatoms. The third-order valence-electron chi connectivity index (χ3n) is 2.88. The summed E-state index contributed by atoms with van der Waals surface area (Å²) in [7, 11) is 0. The number of halogens is 1. The van der Waals surface area contributed by atoms with E-state index in [0.717, 1.165) is 29.2 Å². The van der Waals surface area contributed by atoms with Crippen LogP contribution in [0.5, 0.6) is 5.75 Å². The Morgan fingerprint density at radius 1 is 1.33 bits per heavy atom. The van der Waals surface area contributed by atoms with Crippen molar-refractivity contribution >= 4 is 11.6 Å². The monoisotopic (exact) mass is 266 g/mol. The van der Waals surface area contributed by atoms with Gasteiger partial charge >= 0.3 is 0 Å². The van der Waals surface area contributed by atoms with Crippen molar-refractivity contribution in [2.24, 2.45) is 5.92 Å². The first-order chi connectivity index (χ1) is 8.58. The summed E-state index contributed by atoms with van der Waals surface area (Å²) in [5.74, 6) is 1.47. The highest BCUT2D eigenvalue weighted by atomic mass is 35.5. The fraction of sp³-hybridized carbons (Fsp3) is 0.500. The van der Waals surface area contributed by atoms with Gasteiger partial charge in [-0.1, -0.05) is 37.6 Å². The number of allylic oxidation sites excluding steroid dienone is 2.